The van der Waals surface area contributed by atoms with Gasteiger partial charge in [-0.2, -0.15) is 0 Å². The fraction of sp³-hybridized carbons (Fsp3) is 0.391. The molecule has 2 aromatic carbocycles. The number of nitrogens with one attached hydrogen (secondary N) is 3. The van der Waals surface area contributed by atoms with Gasteiger partial charge in [-0.25, -0.2) is 4.99 Å². The van der Waals surface area contributed by atoms with Gasteiger partial charge >= 0.3 is 0 Å². The molecule has 1 fully saturated rings. The highest BCUT2D eigenvalue weighted by atomic mass is 35.5. The molecule has 0 bridgehead atoms. The second-order valence-corrected chi connectivity index (χ2v) is 7.63. The summed E-state index contributed by atoms with van der Waals surface area (Å²) in [5, 5.41) is 9.78. The lowest BCUT2D eigenvalue weighted by Gasteiger charge is -2.13. The van der Waals surface area contributed by atoms with Crippen LogP contribution in [0.2, 0.25) is 5.02 Å². The molecule has 1 amide bonds. The van der Waals surface area contributed by atoms with Crippen molar-refractivity contribution in [1.82, 2.24) is 16.0 Å². The Labute approximate surface area is 183 Å². The lowest BCUT2D eigenvalue weighted by molar-refractivity contribution is 0.0954. The van der Waals surface area contributed by atoms with E-state index in [4.69, 9.17) is 16.3 Å². The van der Waals surface area contributed by atoms with Crippen LogP contribution >= 0.6 is 11.6 Å². The largest absolute Gasteiger partial charge is 0.493 e. The minimum atomic E-state index is -0.189. The van der Waals surface area contributed by atoms with E-state index in [0.29, 0.717) is 42.1 Å². The number of para-hydroxylation sites is 1. The Morgan fingerprint density at radius 1 is 1.07 bits per heavy atom. The number of rotatable bonds is 10. The second kappa shape index (κ2) is 11.5. The lowest BCUT2D eigenvalue weighted by Crippen LogP contribution is -2.41. The van der Waals surface area contributed by atoms with Crippen LogP contribution in [-0.4, -0.2) is 38.1 Å². The standard InChI is InChI=1S/C23H29ClN4O2/c1-2-25-23(27-14-13-26-22(29)19-8-4-5-9-20(19)24)28-15-18-7-3-6-10-21(18)30-16-17-11-12-17/h3-10,17H,2,11-16H2,1H3,(H,26,29)(H2,25,27,28). The van der Waals surface area contributed by atoms with Gasteiger partial charge in [0.2, 0.25) is 0 Å². The molecular weight excluding hydrogens is 400 g/mol. The van der Waals surface area contributed by atoms with E-state index < -0.39 is 0 Å². The van der Waals surface area contributed by atoms with Crippen LogP contribution in [0.4, 0.5) is 0 Å². The van der Waals surface area contributed by atoms with Crippen molar-refractivity contribution in [3.05, 3.63) is 64.7 Å². The van der Waals surface area contributed by atoms with E-state index in [2.05, 4.69) is 20.9 Å². The summed E-state index contributed by atoms with van der Waals surface area (Å²) in [6.45, 7) is 5.06. The van der Waals surface area contributed by atoms with E-state index in [9.17, 15) is 4.79 Å². The van der Waals surface area contributed by atoms with Crippen molar-refractivity contribution in [3.63, 3.8) is 0 Å². The van der Waals surface area contributed by atoms with E-state index in [1.807, 2.05) is 31.2 Å². The van der Waals surface area contributed by atoms with E-state index in [-0.39, 0.29) is 5.91 Å². The van der Waals surface area contributed by atoms with Gasteiger partial charge in [0.15, 0.2) is 5.96 Å². The van der Waals surface area contributed by atoms with Crippen molar-refractivity contribution in [2.24, 2.45) is 10.9 Å². The van der Waals surface area contributed by atoms with Crippen LogP contribution in [-0.2, 0) is 6.54 Å². The summed E-state index contributed by atoms with van der Waals surface area (Å²) in [5.41, 5.74) is 1.53. The number of hydrogen-bond donors (Lipinski definition) is 3. The molecule has 2 aromatic rings. The Morgan fingerprint density at radius 2 is 1.80 bits per heavy atom. The first-order valence-electron chi connectivity index (χ1n) is 10.4. The molecular formula is C23H29ClN4O2. The average Bonchev–Trinajstić information content (AvgIpc) is 3.58. The third kappa shape index (κ3) is 6.95. The molecule has 0 aliphatic heterocycles. The third-order valence-corrected chi connectivity index (χ3v) is 5.05. The SMILES string of the molecule is CCNC(=NCc1ccccc1OCC1CC1)NCCNC(=O)c1ccccc1Cl. The number of ether oxygens (including phenoxy) is 1. The zero-order valence-electron chi connectivity index (χ0n) is 17.3. The maximum Gasteiger partial charge on any atom is 0.252 e. The molecule has 3 N–H and O–H groups in total. The second-order valence-electron chi connectivity index (χ2n) is 7.22. The molecule has 7 heteroatoms. The van der Waals surface area contributed by atoms with Crippen molar-refractivity contribution in [3.8, 4) is 5.75 Å². The zero-order valence-corrected chi connectivity index (χ0v) is 18.0. The topological polar surface area (TPSA) is 74.8 Å². The van der Waals surface area contributed by atoms with Gasteiger partial charge in [-0.1, -0.05) is 41.9 Å². The van der Waals surface area contributed by atoms with Crippen molar-refractivity contribution in [1.29, 1.82) is 0 Å². The Hall–Kier alpha value is -2.73. The maximum atomic E-state index is 12.2. The normalized spacial score (nSPS) is 13.6. The predicted octanol–water partition coefficient (Wildman–Crippen LogP) is 3.61. The lowest BCUT2D eigenvalue weighted by atomic mass is 10.2. The summed E-state index contributed by atoms with van der Waals surface area (Å²) in [4.78, 5) is 16.9. The minimum absolute atomic E-state index is 0.189. The summed E-state index contributed by atoms with van der Waals surface area (Å²) < 4.78 is 5.96. The molecule has 160 valence electrons. The summed E-state index contributed by atoms with van der Waals surface area (Å²) >= 11 is 6.06. The Morgan fingerprint density at radius 3 is 2.57 bits per heavy atom. The van der Waals surface area contributed by atoms with Gasteiger partial charge < -0.3 is 20.7 Å². The van der Waals surface area contributed by atoms with Crippen molar-refractivity contribution in [2.45, 2.75) is 26.3 Å². The third-order valence-electron chi connectivity index (χ3n) is 4.72. The number of nitrogens with zero attached hydrogens (tertiary/aromatic N) is 1. The molecule has 0 unspecified atom stereocenters. The highest BCUT2D eigenvalue weighted by Gasteiger charge is 2.22. The number of hydrogen-bond acceptors (Lipinski definition) is 3. The van der Waals surface area contributed by atoms with E-state index in [1.165, 1.54) is 12.8 Å². The summed E-state index contributed by atoms with van der Waals surface area (Å²) in [6, 6.07) is 15.0. The molecule has 30 heavy (non-hydrogen) atoms. The minimum Gasteiger partial charge on any atom is -0.493 e. The van der Waals surface area contributed by atoms with E-state index in [1.54, 1.807) is 24.3 Å². The number of halogens is 1. The molecule has 0 saturated heterocycles. The molecule has 1 saturated carbocycles. The Bertz CT molecular complexity index is 868. The van der Waals surface area contributed by atoms with Crippen LogP contribution in [0.25, 0.3) is 0 Å². The molecule has 6 nitrogen and oxygen atoms in total. The van der Waals surface area contributed by atoms with Crippen LogP contribution < -0.4 is 20.7 Å². The van der Waals surface area contributed by atoms with Crippen LogP contribution in [0.1, 0.15) is 35.7 Å². The quantitative estimate of drug-likeness (QED) is 0.307. The van der Waals surface area contributed by atoms with E-state index >= 15 is 0 Å². The number of amides is 1. The first-order valence-corrected chi connectivity index (χ1v) is 10.8. The fourth-order valence-electron chi connectivity index (χ4n) is 2.87. The first-order chi connectivity index (χ1) is 14.7. The van der Waals surface area contributed by atoms with Crippen molar-refractivity contribution in [2.75, 3.05) is 26.2 Å². The van der Waals surface area contributed by atoms with Gasteiger partial charge in [-0.15, -0.1) is 0 Å². The van der Waals surface area contributed by atoms with Crippen LogP contribution in [0.5, 0.6) is 5.75 Å². The number of guanidine groups is 1. The number of carbonyl (C=O) groups is 1. The first kappa shape index (κ1) is 22.0. The average molecular weight is 429 g/mol. The van der Waals surface area contributed by atoms with Gasteiger partial charge in [0.1, 0.15) is 5.75 Å². The molecule has 0 heterocycles. The van der Waals surface area contributed by atoms with Gasteiger partial charge in [0.05, 0.1) is 23.7 Å². The van der Waals surface area contributed by atoms with Crippen molar-refractivity contribution < 1.29 is 9.53 Å². The van der Waals surface area contributed by atoms with Gasteiger partial charge in [-0.3, -0.25) is 4.79 Å². The number of benzene rings is 2. The molecule has 1 aliphatic rings. The molecule has 0 radical (unpaired) electrons. The number of carbonyl (C=O) groups excluding carboxylic acids is 1. The van der Waals surface area contributed by atoms with Crippen LogP contribution in [0, 0.1) is 5.92 Å². The smallest absolute Gasteiger partial charge is 0.252 e. The van der Waals surface area contributed by atoms with Gasteiger partial charge in [0, 0.05) is 25.2 Å². The van der Waals surface area contributed by atoms with Crippen LogP contribution in [0.3, 0.4) is 0 Å². The van der Waals surface area contributed by atoms with Gasteiger partial charge in [-0.05, 0) is 43.9 Å². The van der Waals surface area contributed by atoms with E-state index in [0.717, 1.165) is 24.5 Å². The van der Waals surface area contributed by atoms with Crippen molar-refractivity contribution >= 4 is 23.5 Å². The Kier molecular flexibility index (Phi) is 8.39. The summed E-state index contributed by atoms with van der Waals surface area (Å²) in [6.07, 6.45) is 2.53. The Balaban J connectivity index is 1.49. The highest BCUT2D eigenvalue weighted by molar-refractivity contribution is 6.33. The van der Waals surface area contributed by atoms with Crippen LogP contribution in [0.15, 0.2) is 53.5 Å². The zero-order chi connectivity index (χ0) is 21.2. The molecule has 1 aliphatic carbocycles. The highest BCUT2D eigenvalue weighted by Crippen LogP contribution is 2.30. The van der Waals surface area contributed by atoms with Gasteiger partial charge in [0.25, 0.3) is 5.91 Å². The molecule has 3 rings (SSSR count). The monoisotopic (exact) mass is 428 g/mol. The molecule has 0 spiro atoms. The predicted molar refractivity (Wildman–Crippen MR) is 121 cm³/mol. The summed E-state index contributed by atoms with van der Waals surface area (Å²) in [5.74, 6) is 2.12. The molecule has 0 atom stereocenters. The molecule has 0 aromatic heterocycles. The fourth-order valence-corrected chi connectivity index (χ4v) is 3.09. The summed E-state index contributed by atoms with van der Waals surface area (Å²) in [7, 11) is 0. The maximum absolute atomic E-state index is 12.2. The number of aliphatic imine (C=N–C) groups is 1.